The monoisotopic (exact) mass is 343 g/mol. The molecule has 20 heavy (non-hydrogen) atoms. The number of halogens is 1. The first-order valence-electron chi connectivity index (χ1n) is 6.62. The van der Waals surface area contributed by atoms with Gasteiger partial charge in [-0.05, 0) is 31.0 Å². The maximum absolute atomic E-state index is 12.4. The number of phenols is 1. The van der Waals surface area contributed by atoms with E-state index in [4.69, 9.17) is 9.84 Å². The topological polar surface area (TPSA) is 70.0 Å². The molecule has 2 N–H and O–H groups in total. The number of aliphatic hydroxyl groups excluding tert-OH is 1. The zero-order valence-electron chi connectivity index (χ0n) is 11.1. The van der Waals surface area contributed by atoms with E-state index >= 15 is 0 Å². The van der Waals surface area contributed by atoms with Gasteiger partial charge in [0.25, 0.3) is 5.91 Å². The van der Waals surface area contributed by atoms with Crippen LogP contribution in [0.2, 0.25) is 0 Å². The smallest absolute Gasteiger partial charge is 0.257 e. The number of amides is 1. The van der Waals surface area contributed by atoms with Gasteiger partial charge in [-0.3, -0.25) is 4.79 Å². The molecule has 0 aliphatic carbocycles. The van der Waals surface area contributed by atoms with Crippen LogP contribution in [0.3, 0.4) is 0 Å². The van der Waals surface area contributed by atoms with Crippen molar-refractivity contribution in [3.63, 3.8) is 0 Å². The van der Waals surface area contributed by atoms with E-state index in [9.17, 15) is 9.90 Å². The molecule has 1 heterocycles. The number of carbonyl (C=O) groups is 1. The van der Waals surface area contributed by atoms with Crippen molar-refractivity contribution < 1.29 is 19.7 Å². The Balaban J connectivity index is 1.96. The predicted octanol–water partition coefficient (Wildman–Crippen LogP) is 1.77. The third-order valence-electron chi connectivity index (χ3n) is 3.36. The van der Waals surface area contributed by atoms with E-state index in [0.29, 0.717) is 25.3 Å². The highest BCUT2D eigenvalue weighted by molar-refractivity contribution is 9.10. The lowest BCUT2D eigenvalue weighted by Crippen LogP contribution is -2.41. The van der Waals surface area contributed by atoms with E-state index in [1.165, 1.54) is 6.07 Å². The van der Waals surface area contributed by atoms with Gasteiger partial charge in [0.2, 0.25) is 0 Å². The summed E-state index contributed by atoms with van der Waals surface area (Å²) in [6, 6.07) is 4.83. The number of ether oxygens (including phenoxy) is 1. The predicted molar refractivity (Wildman–Crippen MR) is 77.8 cm³/mol. The summed E-state index contributed by atoms with van der Waals surface area (Å²) in [4.78, 5) is 14.1. The molecule has 1 fully saturated rings. The minimum atomic E-state index is -0.163. The summed E-state index contributed by atoms with van der Waals surface area (Å²) in [5.74, 6) is -0.165. The average Bonchev–Trinajstić information content (AvgIpc) is 2.47. The largest absolute Gasteiger partial charge is 0.507 e. The fraction of sp³-hybridized carbons (Fsp3) is 0.500. The summed E-state index contributed by atoms with van der Waals surface area (Å²) in [6.07, 6.45) is 1.60. The van der Waals surface area contributed by atoms with Gasteiger partial charge in [0, 0.05) is 17.6 Å². The number of benzene rings is 1. The summed E-state index contributed by atoms with van der Waals surface area (Å²) in [7, 11) is 0. The van der Waals surface area contributed by atoms with Gasteiger partial charge < -0.3 is 19.8 Å². The molecule has 1 aliphatic heterocycles. The van der Waals surface area contributed by atoms with Crippen molar-refractivity contribution >= 4 is 21.8 Å². The van der Waals surface area contributed by atoms with Gasteiger partial charge in [0.05, 0.1) is 24.9 Å². The second-order valence-corrected chi connectivity index (χ2v) is 5.66. The highest BCUT2D eigenvalue weighted by atomic mass is 79.9. The van der Waals surface area contributed by atoms with Gasteiger partial charge in [0.15, 0.2) is 0 Å². The van der Waals surface area contributed by atoms with Crippen LogP contribution in [0.25, 0.3) is 0 Å². The summed E-state index contributed by atoms with van der Waals surface area (Å²) in [5, 5.41) is 18.5. The zero-order chi connectivity index (χ0) is 14.5. The summed E-state index contributed by atoms with van der Waals surface area (Å²) >= 11 is 3.30. The van der Waals surface area contributed by atoms with Gasteiger partial charge in [-0.25, -0.2) is 0 Å². The third kappa shape index (κ3) is 3.71. The van der Waals surface area contributed by atoms with Crippen LogP contribution in [0.15, 0.2) is 22.7 Å². The molecule has 1 amide bonds. The van der Waals surface area contributed by atoms with Crippen molar-refractivity contribution in [1.29, 1.82) is 0 Å². The van der Waals surface area contributed by atoms with E-state index < -0.39 is 0 Å². The Bertz CT molecular complexity index is 472. The van der Waals surface area contributed by atoms with E-state index in [0.717, 1.165) is 17.3 Å². The molecule has 1 aliphatic rings. The van der Waals surface area contributed by atoms with Crippen LogP contribution in [0.4, 0.5) is 0 Å². The van der Waals surface area contributed by atoms with Crippen molar-refractivity contribution in [2.75, 3.05) is 26.3 Å². The average molecular weight is 344 g/mol. The minimum Gasteiger partial charge on any atom is -0.507 e. The third-order valence-corrected chi connectivity index (χ3v) is 3.86. The van der Waals surface area contributed by atoms with Crippen LogP contribution < -0.4 is 0 Å². The van der Waals surface area contributed by atoms with Crippen molar-refractivity contribution in [2.24, 2.45) is 0 Å². The Labute approximate surface area is 126 Å². The Morgan fingerprint density at radius 2 is 2.10 bits per heavy atom. The number of aliphatic hydroxyl groups is 1. The number of nitrogens with zero attached hydrogens (tertiary/aromatic N) is 1. The van der Waals surface area contributed by atoms with Gasteiger partial charge in [-0.15, -0.1) is 0 Å². The number of carbonyl (C=O) groups excluding carboxylic acids is 1. The SMILES string of the molecule is O=C(c1cc(Br)ccc1O)N1CCC(OCCO)CC1. The van der Waals surface area contributed by atoms with Crippen molar-refractivity contribution in [3.8, 4) is 5.75 Å². The number of hydrogen-bond donors (Lipinski definition) is 2. The van der Waals surface area contributed by atoms with Crippen molar-refractivity contribution in [2.45, 2.75) is 18.9 Å². The first-order chi connectivity index (χ1) is 9.61. The van der Waals surface area contributed by atoms with Gasteiger partial charge in [-0.1, -0.05) is 15.9 Å². The highest BCUT2D eigenvalue weighted by Gasteiger charge is 2.25. The molecule has 5 nitrogen and oxygen atoms in total. The van der Waals surface area contributed by atoms with Crippen molar-refractivity contribution in [1.82, 2.24) is 4.90 Å². The molecule has 0 radical (unpaired) electrons. The van der Waals surface area contributed by atoms with Crippen LogP contribution in [0.5, 0.6) is 5.75 Å². The Hall–Kier alpha value is -1.11. The Morgan fingerprint density at radius 3 is 2.75 bits per heavy atom. The molecule has 0 bridgehead atoms. The second kappa shape index (κ2) is 7.06. The van der Waals surface area contributed by atoms with Gasteiger partial charge in [0.1, 0.15) is 5.75 Å². The number of rotatable bonds is 4. The van der Waals surface area contributed by atoms with Crippen LogP contribution in [0.1, 0.15) is 23.2 Å². The summed E-state index contributed by atoms with van der Waals surface area (Å²) in [6.45, 7) is 1.55. The van der Waals surface area contributed by atoms with E-state index in [-0.39, 0.29) is 24.4 Å². The van der Waals surface area contributed by atoms with Crippen LogP contribution in [-0.4, -0.2) is 53.4 Å². The maximum Gasteiger partial charge on any atom is 0.257 e. The van der Waals surface area contributed by atoms with E-state index in [2.05, 4.69) is 15.9 Å². The molecule has 1 aromatic carbocycles. The highest BCUT2D eigenvalue weighted by Crippen LogP contribution is 2.25. The summed E-state index contributed by atoms with van der Waals surface area (Å²) in [5.41, 5.74) is 0.314. The fourth-order valence-electron chi connectivity index (χ4n) is 2.29. The van der Waals surface area contributed by atoms with Crippen LogP contribution in [-0.2, 0) is 4.74 Å². The molecule has 1 aromatic rings. The van der Waals surface area contributed by atoms with E-state index in [1.54, 1.807) is 17.0 Å². The molecule has 0 spiro atoms. The molecule has 6 heteroatoms. The fourth-order valence-corrected chi connectivity index (χ4v) is 2.66. The van der Waals surface area contributed by atoms with E-state index in [1.807, 2.05) is 0 Å². The maximum atomic E-state index is 12.4. The molecular weight excluding hydrogens is 326 g/mol. The second-order valence-electron chi connectivity index (χ2n) is 4.75. The Kier molecular flexibility index (Phi) is 5.39. The first kappa shape index (κ1) is 15.3. The molecule has 0 saturated carbocycles. The molecule has 110 valence electrons. The lowest BCUT2D eigenvalue weighted by Gasteiger charge is -2.32. The molecule has 1 saturated heterocycles. The number of piperidine rings is 1. The number of hydrogen-bond acceptors (Lipinski definition) is 4. The minimum absolute atomic E-state index is 0.00291. The number of phenolic OH excluding ortho intramolecular Hbond substituents is 1. The van der Waals surface area contributed by atoms with Crippen LogP contribution in [0, 0.1) is 0 Å². The molecule has 2 rings (SSSR count). The van der Waals surface area contributed by atoms with Gasteiger partial charge >= 0.3 is 0 Å². The van der Waals surface area contributed by atoms with Crippen molar-refractivity contribution in [3.05, 3.63) is 28.2 Å². The Morgan fingerprint density at radius 1 is 1.40 bits per heavy atom. The molecule has 0 atom stereocenters. The number of likely N-dealkylation sites (tertiary alicyclic amines) is 1. The van der Waals surface area contributed by atoms with Crippen LogP contribution >= 0.6 is 15.9 Å². The standard InChI is InChI=1S/C14H18BrNO4/c15-10-1-2-13(18)12(9-10)14(19)16-5-3-11(4-6-16)20-8-7-17/h1-2,9,11,17-18H,3-8H2. The van der Waals surface area contributed by atoms with Gasteiger partial charge in [-0.2, -0.15) is 0 Å². The lowest BCUT2D eigenvalue weighted by atomic mass is 10.1. The summed E-state index contributed by atoms with van der Waals surface area (Å²) < 4.78 is 6.23. The molecular formula is C14H18BrNO4. The normalized spacial score (nSPS) is 16.4. The molecule has 0 unspecified atom stereocenters. The lowest BCUT2D eigenvalue weighted by molar-refractivity contribution is -0.00558. The zero-order valence-corrected chi connectivity index (χ0v) is 12.7. The quantitative estimate of drug-likeness (QED) is 0.874. The molecule has 0 aromatic heterocycles. The number of aromatic hydroxyl groups is 1. The first-order valence-corrected chi connectivity index (χ1v) is 7.41.